The minimum atomic E-state index is -0.485. The van der Waals surface area contributed by atoms with Gasteiger partial charge in [-0.1, -0.05) is 29.8 Å². The van der Waals surface area contributed by atoms with E-state index in [1.54, 1.807) is 0 Å². The Hall–Kier alpha value is -1.10. The molecular weight excluding hydrogens is 324 g/mol. The lowest BCUT2D eigenvalue weighted by atomic mass is 9.82. The Labute approximate surface area is 152 Å². The van der Waals surface area contributed by atoms with E-state index < -0.39 is 5.41 Å². The van der Waals surface area contributed by atoms with Gasteiger partial charge in [-0.3, -0.25) is 4.79 Å². The molecule has 4 nitrogen and oxygen atoms in total. The second-order valence-corrected chi connectivity index (χ2v) is 7.00. The van der Waals surface area contributed by atoms with E-state index in [4.69, 9.17) is 10.5 Å². The van der Waals surface area contributed by atoms with Gasteiger partial charge in [0.05, 0.1) is 11.5 Å². The largest absolute Gasteiger partial charge is 0.378 e. The molecule has 0 radical (unpaired) electrons. The molecule has 24 heavy (non-hydrogen) atoms. The van der Waals surface area contributed by atoms with Crippen LogP contribution in [0.5, 0.6) is 0 Å². The van der Waals surface area contributed by atoms with E-state index in [-0.39, 0.29) is 24.4 Å². The van der Waals surface area contributed by atoms with Crippen LogP contribution in [0.15, 0.2) is 24.3 Å². The van der Waals surface area contributed by atoms with Crippen molar-refractivity contribution in [2.24, 2.45) is 5.73 Å². The van der Waals surface area contributed by atoms with Crippen molar-refractivity contribution in [3.8, 4) is 0 Å². The zero-order chi connectivity index (χ0) is 16.9. The fraction of sp³-hybridized carbons (Fsp3) is 0.632. The van der Waals surface area contributed by atoms with Crippen molar-refractivity contribution in [1.82, 2.24) is 4.90 Å². The van der Waals surface area contributed by atoms with Crippen molar-refractivity contribution in [3.63, 3.8) is 0 Å². The number of rotatable bonds is 6. The number of nitrogens with two attached hydrogens (primary N) is 1. The third kappa shape index (κ3) is 5.20. The molecule has 1 fully saturated rings. The van der Waals surface area contributed by atoms with Gasteiger partial charge in [-0.05, 0) is 52.1 Å². The molecule has 0 spiro atoms. The van der Waals surface area contributed by atoms with Gasteiger partial charge in [-0.25, -0.2) is 0 Å². The molecule has 1 saturated heterocycles. The van der Waals surface area contributed by atoms with Crippen LogP contribution in [0.25, 0.3) is 0 Å². The standard InChI is InChI=1S/C19H30N2O2.ClH/c1-15-5-7-16(8-6-15)19(2,3)18(22)21-12-9-17(10-13-21)23-14-4-11-20;/h5-8,17H,4,9-14,20H2,1-3H3;1H. The van der Waals surface area contributed by atoms with E-state index >= 15 is 0 Å². The first-order valence-corrected chi connectivity index (χ1v) is 8.63. The molecular formula is C19H31ClN2O2. The Morgan fingerprint density at radius 2 is 1.83 bits per heavy atom. The highest BCUT2D eigenvalue weighted by atomic mass is 35.5. The minimum Gasteiger partial charge on any atom is -0.378 e. The molecule has 0 atom stereocenters. The predicted molar refractivity (Wildman–Crippen MR) is 101 cm³/mol. The van der Waals surface area contributed by atoms with Gasteiger partial charge in [0.25, 0.3) is 0 Å². The summed E-state index contributed by atoms with van der Waals surface area (Å²) in [6.45, 7) is 9.05. The summed E-state index contributed by atoms with van der Waals surface area (Å²) in [6, 6.07) is 8.27. The van der Waals surface area contributed by atoms with Crippen LogP contribution in [0.2, 0.25) is 0 Å². The molecule has 1 aromatic rings. The van der Waals surface area contributed by atoms with Crippen LogP contribution in [0.1, 0.15) is 44.2 Å². The first-order chi connectivity index (χ1) is 10.9. The first kappa shape index (κ1) is 20.9. The molecule has 0 saturated carbocycles. The average molecular weight is 355 g/mol. The van der Waals surface area contributed by atoms with Gasteiger partial charge in [-0.15, -0.1) is 12.4 Å². The van der Waals surface area contributed by atoms with E-state index in [2.05, 4.69) is 31.2 Å². The summed E-state index contributed by atoms with van der Waals surface area (Å²) in [5.41, 5.74) is 7.29. The van der Waals surface area contributed by atoms with Crippen LogP contribution in [-0.4, -0.2) is 43.2 Å². The molecule has 0 aromatic heterocycles. The molecule has 5 heteroatoms. The molecule has 1 amide bonds. The number of carbonyl (C=O) groups excluding carboxylic acids is 1. The van der Waals surface area contributed by atoms with Crippen LogP contribution < -0.4 is 5.73 Å². The summed E-state index contributed by atoms with van der Waals surface area (Å²) < 4.78 is 5.82. The third-order valence-electron chi connectivity index (χ3n) is 4.74. The first-order valence-electron chi connectivity index (χ1n) is 8.63. The van der Waals surface area contributed by atoms with Gasteiger partial charge >= 0.3 is 0 Å². The van der Waals surface area contributed by atoms with Gasteiger partial charge in [0, 0.05) is 19.7 Å². The number of carbonyl (C=O) groups is 1. The summed E-state index contributed by atoms with van der Waals surface area (Å²) in [6.07, 6.45) is 3.01. The lowest BCUT2D eigenvalue weighted by Gasteiger charge is -2.37. The Bertz CT molecular complexity index is 509. The Kier molecular flexibility index (Phi) is 8.20. The van der Waals surface area contributed by atoms with Gasteiger partial charge in [0.15, 0.2) is 0 Å². The number of nitrogens with zero attached hydrogens (tertiary/aromatic N) is 1. The fourth-order valence-corrected chi connectivity index (χ4v) is 3.05. The smallest absolute Gasteiger partial charge is 0.232 e. The molecule has 136 valence electrons. The number of likely N-dealkylation sites (tertiary alicyclic amines) is 1. The molecule has 0 bridgehead atoms. The number of amides is 1. The molecule has 0 unspecified atom stereocenters. The molecule has 2 N–H and O–H groups in total. The van der Waals surface area contributed by atoms with Crippen molar-refractivity contribution in [1.29, 1.82) is 0 Å². The predicted octanol–water partition coefficient (Wildman–Crippen LogP) is 3.05. The molecule has 1 aromatic carbocycles. The second kappa shape index (κ2) is 9.40. The van der Waals surface area contributed by atoms with Crippen molar-refractivity contribution in [3.05, 3.63) is 35.4 Å². The number of piperidine rings is 1. The van der Waals surface area contributed by atoms with E-state index in [9.17, 15) is 4.79 Å². The van der Waals surface area contributed by atoms with Crippen LogP contribution >= 0.6 is 12.4 Å². The number of benzene rings is 1. The summed E-state index contributed by atoms with van der Waals surface area (Å²) >= 11 is 0. The van der Waals surface area contributed by atoms with Crippen LogP contribution in [0.4, 0.5) is 0 Å². The third-order valence-corrected chi connectivity index (χ3v) is 4.74. The van der Waals surface area contributed by atoms with Crippen molar-refractivity contribution >= 4 is 18.3 Å². The maximum absolute atomic E-state index is 12.9. The summed E-state index contributed by atoms with van der Waals surface area (Å²) in [5.74, 6) is 0.210. The lowest BCUT2D eigenvalue weighted by Crippen LogP contribution is -2.48. The van der Waals surface area contributed by atoms with Crippen LogP contribution in [0.3, 0.4) is 0 Å². The zero-order valence-corrected chi connectivity index (χ0v) is 15.9. The number of halogens is 1. The highest BCUT2D eigenvalue weighted by molar-refractivity contribution is 5.87. The maximum atomic E-state index is 12.9. The van der Waals surface area contributed by atoms with Crippen molar-refractivity contribution in [2.75, 3.05) is 26.2 Å². The minimum absolute atomic E-state index is 0. The van der Waals surface area contributed by atoms with E-state index in [0.29, 0.717) is 6.54 Å². The maximum Gasteiger partial charge on any atom is 0.232 e. The molecule has 0 aliphatic carbocycles. The zero-order valence-electron chi connectivity index (χ0n) is 15.1. The van der Waals surface area contributed by atoms with Gasteiger partial charge in [0.2, 0.25) is 5.91 Å². The van der Waals surface area contributed by atoms with Gasteiger partial charge in [0.1, 0.15) is 0 Å². The quantitative estimate of drug-likeness (QED) is 0.799. The summed E-state index contributed by atoms with van der Waals surface area (Å²) in [4.78, 5) is 14.9. The van der Waals surface area contributed by atoms with Gasteiger partial charge < -0.3 is 15.4 Å². The average Bonchev–Trinajstić information content (AvgIpc) is 2.55. The second-order valence-electron chi connectivity index (χ2n) is 7.00. The molecule has 2 rings (SSSR count). The fourth-order valence-electron chi connectivity index (χ4n) is 3.05. The monoisotopic (exact) mass is 354 g/mol. The highest BCUT2D eigenvalue weighted by Crippen LogP contribution is 2.28. The number of ether oxygens (including phenoxy) is 1. The Morgan fingerprint density at radius 1 is 1.25 bits per heavy atom. The van der Waals surface area contributed by atoms with Crippen molar-refractivity contribution < 1.29 is 9.53 Å². The van der Waals surface area contributed by atoms with E-state index in [1.165, 1.54) is 5.56 Å². The Balaban J connectivity index is 0.00000288. The van der Waals surface area contributed by atoms with Crippen molar-refractivity contribution in [2.45, 2.75) is 51.6 Å². The van der Waals surface area contributed by atoms with Crippen LogP contribution in [0, 0.1) is 6.92 Å². The van der Waals surface area contributed by atoms with E-state index in [1.807, 2.05) is 18.7 Å². The molecule has 1 aliphatic rings. The van der Waals surface area contributed by atoms with Gasteiger partial charge in [-0.2, -0.15) is 0 Å². The Morgan fingerprint density at radius 3 is 2.38 bits per heavy atom. The topological polar surface area (TPSA) is 55.6 Å². The van der Waals surface area contributed by atoms with Crippen LogP contribution in [-0.2, 0) is 14.9 Å². The number of hydrogen-bond donors (Lipinski definition) is 1. The summed E-state index contributed by atoms with van der Waals surface area (Å²) in [7, 11) is 0. The van der Waals surface area contributed by atoms with E-state index in [0.717, 1.165) is 44.5 Å². The summed E-state index contributed by atoms with van der Waals surface area (Å²) in [5, 5.41) is 0. The number of hydrogen-bond acceptors (Lipinski definition) is 3. The molecule has 1 heterocycles. The highest BCUT2D eigenvalue weighted by Gasteiger charge is 2.35. The number of aryl methyl sites for hydroxylation is 1. The molecule has 1 aliphatic heterocycles. The SMILES string of the molecule is Cc1ccc(C(C)(C)C(=O)N2CCC(OCCCN)CC2)cc1.Cl. The lowest BCUT2D eigenvalue weighted by molar-refractivity contribution is -0.139. The normalized spacial score (nSPS) is 15.9.